The molecule has 2 aromatic rings. The highest BCUT2D eigenvalue weighted by molar-refractivity contribution is 6.03. The molecule has 0 radical (unpaired) electrons. The third kappa shape index (κ3) is 4.67. The average Bonchev–Trinajstić information content (AvgIpc) is 2.68. The lowest BCUT2D eigenvalue weighted by Crippen LogP contribution is -2.47. The van der Waals surface area contributed by atoms with Gasteiger partial charge in [0.1, 0.15) is 5.82 Å². The molecular weight excluding hydrogens is 328 g/mol. The molecule has 6 heteroatoms. The molecule has 0 spiro atoms. The van der Waals surface area contributed by atoms with E-state index in [2.05, 4.69) is 20.1 Å². The predicted octanol–water partition coefficient (Wildman–Crippen LogP) is 2.44. The van der Waals surface area contributed by atoms with E-state index in [4.69, 9.17) is 0 Å². The van der Waals surface area contributed by atoms with Gasteiger partial charge in [0, 0.05) is 50.9 Å². The molecule has 0 saturated carbocycles. The number of rotatable bonds is 6. The molecule has 26 heavy (non-hydrogen) atoms. The Labute approximate surface area is 153 Å². The second-order valence-electron chi connectivity index (χ2n) is 6.42. The number of Topliss-reactive ketones (excluding diaryl/α,β-unsaturated/α-hetero) is 1. The molecular formula is C20H24N4O2. The number of benzene rings is 1. The summed E-state index contributed by atoms with van der Waals surface area (Å²) >= 11 is 0. The van der Waals surface area contributed by atoms with E-state index in [1.54, 1.807) is 18.2 Å². The summed E-state index contributed by atoms with van der Waals surface area (Å²) in [5, 5.41) is 2.86. The molecule has 1 aromatic heterocycles. The monoisotopic (exact) mass is 352 g/mol. The van der Waals surface area contributed by atoms with Gasteiger partial charge in [-0.2, -0.15) is 0 Å². The van der Waals surface area contributed by atoms with Crippen molar-refractivity contribution in [3.63, 3.8) is 0 Å². The maximum atomic E-state index is 12.2. The van der Waals surface area contributed by atoms with Gasteiger partial charge in [0.2, 0.25) is 5.91 Å². The number of nitrogens with zero attached hydrogens (tertiary/aromatic N) is 3. The van der Waals surface area contributed by atoms with Crippen LogP contribution >= 0.6 is 0 Å². The van der Waals surface area contributed by atoms with Crippen molar-refractivity contribution in [2.75, 3.05) is 42.9 Å². The molecule has 6 nitrogen and oxygen atoms in total. The van der Waals surface area contributed by atoms with Crippen LogP contribution < -0.4 is 10.2 Å². The Morgan fingerprint density at radius 1 is 1.04 bits per heavy atom. The molecule has 136 valence electrons. The molecule has 0 aliphatic carbocycles. The van der Waals surface area contributed by atoms with Crippen LogP contribution in [0.2, 0.25) is 0 Å². The lowest BCUT2D eigenvalue weighted by Gasteiger charge is -2.35. The average molecular weight is 352 g/mol. The van der Waals surface area contributed by atoms with Gasteiger partial charge in [-0.3, -0.25) is 14.5 Å². The smallest absolute Gasteiger partial charge is 0.225 e. The lowest BCUT2D eigenvalue weighted by molar-refractivity contribution is -0.116. The number of amides is 1. The van der Waals surface area contributed by atoms with E-state index in [-0.39, 0.29) is 11.7 Å². The molecule has 1 aromatic carbocycles. The van der Waals surface area contributed by atoms with Gasteiger partial charge in [0.25, 0.3) is 0 Å². The van der Waals surface area contributed by atoms with Crippen LogP contribution in [-0.2, 0) is 4.79 Å². The van der Waals surface area contributed by atoms with Gasteiger partial charge in [-0.15, -0.1) is 0 Å². The number of nitrogens with one attached hydrogen (secondary N) is 1. The van der Waals surface area contributed by atoms with E-state index in [1.165, 1.54) is 6.92 Å². The number of hydrogen-bond donors (Lipinski definition) is 1. The van der Waals surface area contributed by atoms with Crippen molar-refractivity contribution < 1.29 is 9.59 Å². The highest BCUT2D eigenvalue weighted by atomic mass is 16.1. The molecule has 0 bridgehead atoms. The number of para-hydroxylation sites is 1. The van der Waals surface area contributed by atoms with Gasteiger partial charge >= 0.3 is 0 Å². The number of carbonyl (C=O) groups excluding carboxylic acids is 2. The van der Waals surface area contributed by atoms with Crippen LogP contribution in [0.15, 0.2) is 48.7 Å². The zero-order chi connectivity index (χ0) is 18.4. The third-order valence-electron chi connectivity index (χ3n) is 4.58. The maximum Gasteiger partial charge on any atom is 0.225 e. The van der Waals surface area contributed by atoms with Crippen molar-refractivity contribution in [1.82, 2.24) is 9.88 Å². The number of carbonyl (C=O) groups is 2. The van der Waals surface area contributed by atoms with Gasteiger partial charge in [0.05, 0.1) is 5.69 Å². The molecule has 1 saturated heterocycles. The molecule has 1 fully saturated rings. The van der Waals surface area contributed by atoms with E-state index in [1.807, 2.05) is 30.5 Å². The van der Waals surface area contributed by atoms with E-state index in [9.17, 15) is 9.59 Å². The summed E-state index contributed by atoms with van der Waals surface area (Å²) in [6, 6.07) is 13.1. The minimum Gasteiger partial charge on any atom is -0.354 e. The normalized spacial score (nSPS) is 14.9. The van der Waals surface area contributed by atoms with Crippen LogP contribution in [-0.4, -0.2) is 54.3 Å². The van der Waals surface area contributed by atoms with Crippen molar-refractivity contribution in [3.05, 3.63) is 54.2 Å². The van der Waals surface area contributed by atoms with Gasteiger partial charge in [-0.05, 0) is 31.2 Å². The summed E-state index contributed by atoms with van der Waals surface area (Å²) in [4.78, 5) is 32.8. The summed E-state index contributed by atoms with van der Waals surface area (Å²) in [6.45, 7) is 5.86. The summed E-state index contributed by atoms with van der Waals surface area (Å²) in [5.41, 5.74) is 1.13. The quantitative estimate of drug-likeness (QED) is 0.809. The molecule has 1 N–H and O–H groups in total. The van der Waals surface area contributed by atoms with Gasteiger partial charge in [-0.25, -0.2) is 4.98 Å². The van der Waals surface area contributed by atoms with Crippen LogP contribution in [0.5, 0.6) is 0 Å². The second kappa shape index (κ2) is 8.58. The van der Waals surface area contributed by atoms with E-state index in [0.29, 0.717) is 24.2 Å². The third-order valence-corrected chi connectivity index (χ3v) is 4.58. The zero-order valence-corrected chi connectivity index (χ0v) is 15.0. The van der Waals surface area contributed by atoms with E-state index in [0.717, 1.165) is 32.0 Å². The van der Waals surface area contributed by atoms with Crippen molar-refractivity contribution in [1.29, 1.82) is 0 Å². The van der Waals surface area contributed by atoms with Crippen molar-refractivity contribution in [2.24, 2.45) is 0 Å². The SMILES string of the molecule is CC(=O)c1ccccc1NC(=O)CCN1CCN(c2ccccn2)CC1. The standard InChI is InChI=1S/C20H24N4O2/c1-16(25)17-6-2-3-7-18(17)22-20(26)9-11-23-12-14-24(15-13-23)19-8-4-5-10-21-19/h2-8,10H,9,11-15H2,1H3,(H,22,26). The fourth-order valence-corrected chi connectivity index (χ4v) is 3.11. The topological polar surface area (TPSA) is 65.5 Å². The highest BCUT2D eigenvalue weighted by Gasteiger charge is 2.18. The number of hydrogen-bond acceptors (Lipinski definition) is 5. The first-order chi connectivity index (χ1) is 12.6. The van der Waals surface area contributed by atoms with Gasteiger partial charge in [-0.1, -0.05) is 18.2 Å². The van der Waals surface area contributed by atoms with Gasteiger partial charge in [0.15, 0.2) is 5.78 Å². The summed E-state index contributed by atoms with van der Waals surface area (Å²) in [6.07, 6.45) is 2.22. The Hall–Kier alpha value is -2.73. The first kappa shape index (κ1) is 18.1. The number of ketones is 1. The summed E-state index contributed by atoms with van der Waals surface area (Å²) in [7, 11) is 0. The zero-order valence-electron chi connectivity index (χ0n) is 15.0. The minimum absolute atomic E-state index is 0.0495. The Balaban J connectivity index is 1.45. The summed E-state index contributed by atoms with van der Waals surface area (Å²) in [5.74, 6) is 0.892. The summed E-state index contributed by atoms with van der Waals surface area (Å²) < 4.78 is 0. The van der Waals surface area contributed by atoms with Crippen molar-refractivity contribution in [2.45, 2.75) is 13.3 Å². The molecule has 0 atom stereocenters. The second-order valence-corrected chi connectivity index (χ2v) is 6.42. The van der Waals surface area contributed by atoms with E-state index >= 15 is 0 Å². The first-order valence-electron chi connectivity index (χ1n) is 8.91. The fourth-order valence-electron chi connectivity index (χ4n) is 3.11. The van der Waals surface area contributed by atoms with Crippen LogP contribution in [0.4, 0.5) is 11.5 Å². The fraction of sp³-hybridized carbons (Fsp3) is 0.350. The van der Waals surface area contributed by atoms with Crippen LogP contribution in [0.1, 0.15) is 23.7 Å². The minimum atomic E-state index is -0.0640. The number of aromatic nitrogens is 1. The number of anilines is 2. The molecule has 2 heterocycles. The Morgan fingerprint density at radius 2 is 1.77 bits per heavy atom. The lowest BCUT2D eigenvalue weighted by atomic mass is 10.1. The van der Waals surface area contributed by atoms with Crippen LogP contribution in [0, 0.1) is 0 Å². The highest BCUT2D eigenvalue weighted by Crippen LogP contribution is 2.16. The molecule has 3 rings (SSSR count). The Bertz CT molecular complexity index is 755. The molecule has 1 aliphatic heterocycles. The first-order valence-corrected chi connectivity index (χ1v) is 8.91. The number of pyridine rings is 1. The molecule has 1 amide bonds. The molecule has 0 unspecified atom stereocenters. The Morgan fingerprint density at radius 3 is 2.46 bits per heavy atom. The van der Waals surface area contributed by atoms with E-state index < -0.39 is 0 Å². The van der Waals surface area contributed by atoms with Crippen LogP contribution in [0.3, 0.4) is 0 Å². The molecule has 1 aliphatic rings. The van der Waals surface area contributed by atoms with Crippen molar-refractivity contribution >= 4 is 23.2 Å². The predicted molar refractivity (Wildman–Crippen MR) is 103 cm³/mol. The number of piperazine rings is 1. The maximum absolute atomic E-state index is 12.2. The van der Waals surface area contributed by atoms with Crippen molar-refractivity contribution in [3.8, 4) is 0 Å². The van der Waals surface area contributed by atoms with Crippen LogP contribution in [0.25, 0.3) is 0 Å². The Kier molecular flexibility index (Phi) is 5.96. The van der Waals surface area contributed by atoms with Gasteiger partial charge < -0.3 is 10.2 Å². The largest absolute Gasteiger partial charge is 0.354 e.